The molecule has 0 aliphatic heterocycles. The maximum atomic E-state index is 3.69. The van der Waals surface area contributed by atoms with Crippen LogP contribution in [0.15, 0.2) is 27.1 Å². The molecule has 1 aromatic carbocycles. The van der Waals surface area contributed by atoms with E-state index < -0.39 is 0 Å². The molecule has 0 saturated heterocycles. The van der Waals surface area contributed by atoms with Gasteiger partial charge in [0.2, 0.25) is 0 Å². The molecule has 1 nitrogen and oxygen atoms in total. The van der Waals surface area contributed by atoms with Crippen LogP contribution in [0.4, 0.5) is 0 Å². The maximum absolute atomic E-state index is 3.69. The lowest BCUT2D eigenvalue weighted by Gasteiger charge is -2.20. The molecule has 3 heteroatoms. The van der Waals surface area contributed by atoms with Crippen LogP contribution in [-0.4, -0.2) is 6.54 Å². The van der Waals surface area contributed by atoms with Crippen LogP contribution in [-0.2, 0) is 0 Å². The van der Waals surface area contributed by atoms with Crippen LogP contribution in [0.5, 0.6) is 0 Å². The molecule has 1 rings (SSSR count). The second kappa shape index (κ2) is 9.95. The van der Waals surface area contributed by atoms with E-state index in [2.05, 4.69) is 69.2 Å². The van der Waals surface area contributed by atoms with Crippen molar-refractivity contribution in [1.29, 1.82) is 0 Å². The quantitative estimate of drug-likeness (QED) is 0.493. The summed E-state index contributed by atoms with van der Waals surface area (Å²) < 4.78 is 2.33. The fraction of sp³-hybridized carbons (Fsp3) is 0.625. The molecule has 1 unspecified atom stereocenters. The Balaban J connectivity index is 2.66. The Morgan fingerprint density at radius 2 is 1.84 bits per heavy atom. The molecule has 108 valence electrons. The van der Waals surface area contributed by atoms with E-state index in [-0.39, 0.29) is 0 Å². The molecule has 0 spiro atoms. The lowest BCUT2D eigenvalue weighted by molar-refractivity contribution is 0.469. The van der Waals surface area contributed by atoms with Gasteiger partial charge in [0.15, 0.2) is 0 Å². The van der Waals surface area contributed by atoms with Crippen LogP contribution in [0.2, 0.25) is 0 Å². The third kappa shape index (κ3) is 6.42. The van der Waals surface area contributed by atoms with Gasteiger partial charge in [0.1, 0.15) is 0 Å². The lowest BCUT2D eigenvalue weighted by Crippen LogP contribution is -2.22. The summed E-state index contributed by atoms with van der Waals surface area (Å²) in [5.74, 6) is 0. The molecule has 0 aromatic heterocycles. The minimum Gasteiger partial charge on any atom is -0.310 e. The molecule has 0 radical (unpaired) electrons. The Kier molecular flexibility index (Phi) is 9.01. The molecule has 0 aliphatic rings. The number of unbranched alkanes of at least 4 members (excludes halogenated alkanes) is 3. The largest absolute Gasteiger partial charge is 0.310 e. The first-order valence-electron chi connectivity index (χ1n) is 7.37. The zero-order valence-corrected chi connectivity index (χ0v) is 15.2. The highest BCUT2D eigenvalue weighted by Gasteiger charge is 2.13. The van der Waals surface area contributed by atoms with Gasteiger partial charge in [-0.3, -0.25) is 0 Å². The van der Waals surface area contributed by atoms with E-state index in [0.29, 0.717) is 6.04 Å². The zero-order chi connectivity index (χ0) is 14.1. The van der Waals surface area contributed by atoms with Gasteiger partial charge in [-0.2, -0.15) is 0 Å². The van der Waals surface area contributed by atoms with E-state index in [1.807, 2.05) is 0 Å². The highest BCUT2D eigenvalue weighted by molar-refractivity contribution is 9.11. The first-order valence-corrected chi connectivity index (χ1v) is 8.96. The molecule has 0 aliphatic carbocycles. The summed E-state index contributed by atoms with van der Waals surface area (Å²) in [6.07, 6.45) is 7.70. The maximum Gasteiger partial charge on any atom is 0.0331 e. The topological polar surface area (TPSA) is 12.0 Å². The fourth-order valence-corrected chi connectivity index (χ4v) is 3.57. The Labute approximate surface area is 134 Å². The van der Waals surface area contributed by atoms with Crippen LogP contribution in [0.25, 0.3) is 0 Å². The molecule has 1 aromatic rings. The van der Waals surface area contributed by atoms with Gasteiger partial charge in [0.05, 0.1) is 0 Å². The van der Waals surface area contributed by atoms with Crippen molar-refractivity contribution < 1.29 is 0 Å². The van der Waals surface area contributed by atoms with Crippen LogP contribution in [0.1, 0.15) is 64.0 Å². The van der Waals surface area contributed by atoms with Gasteiger partial charge < -0.3 is 5.32 Å². The van der Waals surface area contributed by atoms with E-state index in [0.717, 1.165) is 11.0 Å². The smallest absolute Gasteiger partial charge is 0.0331 e. The van der Waals surface area contributed by atoms with E-state index in [1.165, 1.54) is 48.6 Å². The van der Waals surface area contributed by atoms with Crippen molar-refractivity contribution in [3.63, 3.8) is 0 Å². The van der Waals surface area contributed by atoms with Gasteiger partial charge in [-0.25, -0.2) is 0 Å². The van der Waals surface area contributed by atoms with Crippen molar-refractivity contribution in [2.24, 2.45) is 0 Å². The van der Waals surface area contributed by atoms with Crippen molar-refractivity contribution >= 4 is 31.9 Å². The Morgan fingerprint density at radius 3 is 2.47 bits per heavy atom. The molecule has 19 heavy (non-hydrogen) atoms. The van der Waals surface area contributed by atoms with Gasteiger partial charge in [-0.05, 0) is 37.1 Å². The van der Waals surface area contributed by atoms with Crippen molar-refractivity contribution in [2.75, 3.05) is 6.54 Å². The van der Waals surface area contributed by atoms with Crippen molar-refractivity contribution in [1.82, 2.24) is 5.32 Å². The SMILES string of the molecule is CCCCCCC(NCCC)c1ccc(Br)cc1Br. The number of halogens is 2. The first kappa shape index (κ1) is 17.2. The van der Waals surface area contributed by atoms with Crippen molar-refractivity contribution in [3.05, 3.63) is 32.7 Å². The minimum absolute atomic E-state index is 0.472. The summed E-state index contributed by atoms with van der Waals surface area (Å²) >= 11 is 7.21. The molecule has 0 bridgehead atoms. The molecule has 0 fully saturated rings. The summed E-state index contributed by atoms with van der Waals surface area (Å²) in [5, 5.41) is 3.68. The highest BCUT2D eigenvalue weighted by Crippen LogP contribution is 2.29. The molecular formula is C16H25Br2N. The number of hydrogen-bond donors (Lipinski definition) is 1. The van der Waals surface area contributed by atoms with Gasteiger partial charge in [-0.1, -0.05) is 77.5 Å². The summed E-state index contributed by atoms with van der Waals surface area (Å²) in [6, 6.07) is 6.97. The second-order valence-electron chi connectivity index (χ2n) is 5.02. The number of nitrogens with one attached hydrogen (secondary N) is 1. The Morgan fingerprint density at radius 1 is 1.05 bits per heavy atom. The number of hydrogen-bond acceptors (Lipinski definition) is 1. The third-order valence-electron chi connectivity index (χ3n) is 3.33. The standard InChI is InChI=1S/C16H25Br2N/c1-3-5-6-7-8-16(19-11-4-2)14-10-9-13(17)12-15(14)18/h9-10,12,16,19H,3-8,11H2,1-2H3. The normalized spacial score (nSPS) is 12.6. The van der Waals surface area contributed by atoms with Crippen LogP contribution in [0.3, 0.4) is 0 Å². The van der Waals surface area contributed by atoms with Crippen molar-refractivity contribution in [2.45, 2.75) is 58.4 Å². The lowest BCUT2D eigenvalue weighted by atomic mass is 10.00. The molecular weight excluding hydrogens is 366 g/mol. The summed E-state index contributed by atoms with van der Waals surface area (Å²) in [7, 11) is 0. The Hall–Kier alpha value is 0.140. The summed E-state index contributed by atoms with van der Waals surface area (Å²) in [6.45, 7) is 5.57. The summed E-state index contributed by atoms with van der Waals surface area (Å²) in [4.78, 5) is 0. The van der Waals surface area contributed by atoms with E-state index >= 15 is 0 Å². The predicted molar refractivity (Wildman–Crippen MR) is 91.6 cm³/mol. The second-order valence-corrected chi connectivity index (χ2v) is 6.79. The average molecular weight is 391 g/mol. The molecule has 0 heterocycles. The highest BCUT2D eigenvalue weighted by atomic mass is 79.9. The molecule has 0 saturated carbocycles. The van der Waals surface area contributed by atoms with E-state index in [1.54, 1.807) is 0 Å². The molecule has 1 atom stereocenters. The Bertz CT molecular complexity index is 366. The number of rotatable bonds is 9. The van der Waals surface area contributed by atoms with Crippen LogP contribution in [0, 0.1) is 0 Å². The number of benzene rings is 1. The van der Waals surface area contributed by atoms with Gasteiger partial charge in [0, 0.05) is 15.0 Å². The van der Waals surface area contributed by atoms with Gasteiger partial charge in [-0.15, -0.1) is 0 Å². The average Bonchev–Trinajstić information content (AvgIpc) is 2.39. The third-order valence-corrected chi connectivity index (χ3v) is 4.51. The van der Waals surface area contributed by atoms with Crippen LogP contribution >= 0.6 is 31.9 Å². The van der Waals surface area contributed by atoms with Gasteiger partial charge >= 0.3 is 0 Å². The van der Waals surface area contributed by atoms with E-state index in [4.69, 9.17) is 0 Å². The monoisotopic (exact) mass is 389 g/mol. The predicted octanol–water partition coefficient (Wildman–Crippen LogP) is 6.22. The minimum atomic E-state index is 0.472. The first-order chi connectivity index (χ1) is 9.19. The van der Waals surface area contributed by atoms with Gasteiger partial charge in [0.25, 0.3) is 0 Å². The zero-order valence-electron chi connectivity index (χ0n) is 12.0. The molecule has 0 amide bonds. The summed E-state index contributed by atoms with van der Waals surface area (Å²) in [5.41, 5.74) is 1.38. The fourth-order valence-electron chi connectivity index (χ4n) is 2.25. The molecule has 1 N–H and O–H groups in total. The van der Waals surface area contributed by atoms with Crippen molar-refractivity contribution in [3.8, 4) is 0 Å². The van der Waals surface area contributed by atoms with Crippen LogP contribution < -0.4 is 5.32 Å². The van der Waals surface area contributed by atoms with E-state index in [9.17, 15) is 0 Å².